The number of rotatable bonds is 3. The van der Waals surface area contributed by atoms with E-state index in [9.17, 15) is 0 Å². The van der Waals surface area contributed by atoms with Gasteiger partial charge in [0, 0.05) is 0 Å². The average molecular weight is 295 g/mol. The van der Waals surface area contributed by atoms with Gasteiger partial charge < -0.3 is 4.74 Å². The second-order valence-corrected chi connectivity index (χ2v) is 6.53. The number of hydrogen-bond donors (Lipinski definition) is 0. The Kier molecular flexibility index (Phi) is 3.16. The van der Waals surface area contributed by atoms with Crippen molar-refractivity contribution in [3.63, 3.8) is 0 Å². The topological polar surface area (TPSA) is 9.23 Å². The smallest absolute Gasteiger partial charge is 0.133 e. The molecule has 2 saturated carbocycles. The van der Waals surface area contributed by atoms with E-state index in [1.54, 1.807) is 0 Å². The van der Waals surface area contributed by atoms with E-state index in [-0.39, 0.29) is 0 Å². The van der Waals surface area contributed by atoms with Gasteiger partial charge in [-0.1, -0.05) is 12.5 Å². The first kappa shape index (κ1) is 11.6. The molecular formula is C15H19BrO. The van der Waals surface area contributed by atoms with Crippen LogP contribution < -0.4 is 4.74 Å². The number of halogens is 1. The molecule has 2 heteroatoms. The van der Waals surface area contributed by atoms with Gasteiger partial charge in [0.2, 0.25) is 0 Å². The molecule has 0 radical (unpaired) electrons. The van der Waals surface area contributed by atoms with Crippen LogP contribution in [0, 0.1) is 24.7 Å². The molecular weight excluding hydrogens is 276 g/mol. The molecule has 92 valence electrons. The van der Waals surface area contributed by atoms with Gasteiger partial charge in [-0.25, -0.2) is 0 Å². The number of aryl methyl sites for hydroxylation is 1. The van der Waals surface area contributed by atoms with E-state index in [4.69, 9.17) is 4.74 Å². The van der Waals surface area contributed by atoms with Crippen molar-refractivity contribution in [1.82, 2.24) is 0 Å². The summed E-state index contributed by atoms with van der Waals surface area (Å²) in [5.41, 5.74) is 1.27. The Balaban J connectivity index is 1.60. The third-order valence-corrected chi connectivity index (χ3v) is 5.04. The Morgan fingerprint density at radius 3 is 2.82 bits per heavy atom. The van der Waals surface area contributed by atoms with Gasteiger partial charge in [-0.3, -0.25) is 0 Å². The molecule has 1 aromatic carbocycles. The zero-order valence-electron chi connectivity index (χ0n) is 10.3. The number of ether oxygens (including phenoxy) is 1. The van der Waals surface area contributed by atoms with Crippen molar-refractivity contribution in [2.24, 2.45) is 17.8 Å². The number of hydrogen-bond acceptors (Lipinski definition) is 1. The average Bonchev–Trinajstić information content (AvgIpc) is 2.89. The van der Waals surface area contributed by atoms with Crippen LogP contribution in [0.2, 0.25) is 0 Å². The fourth-order valence-electron chi connectivity index (χ4n) is 3.50. The van der Waals surface area contributed by atoms with E-state index in [1.165, 1.54) is 31.2 Å². The van der Waals surface area contributed by atoms with E-state index >= 15 is 0 Å². The molecule has 1 nitrogen and oxygen atoms in total. The van der Waals surface area contributed by atoms with Crippen LogP contribution in [0.5, 0.6) is 5.75 Å². The Morgan fingerprint density at radius 2 is 2.18 bits per heavy atom. The summed E-state index contributed by atoms with van der Waals surface area (Å²) in [6.45, 7) is 3.01. The third-order valence-electron chi connectivity index (χ3n) is 4.42. The van der Waals surface area contributed by atoms with Gasteiger partial charge in [-0.15, -0.1) is 0 Å². The minimum absolute atomic E-state index is 0.807. The Bertz CT molecular complexity index is 415. The normalized spacial score (nSPS) is 30.8. The minimum atomic E-state index is 0.807. The summed E-state index contributed by atoms with van der Waals surface area (Å²) in [7, 11) is 0. The summed E-state index contributed by atoms with van der Waals surface area (Å²) in [5.74, 6) is 3.76. The van der Waals surface area contributed by atoms with Crippen LogP contribution in [0.4, 0.5) is 0 Å². The first-order chi connectivity index (χ1) is 8.22. The molecule has 0 heterocycles. The van der Waals surface area contributed by atoms with Gasteiger partial charge in [0.25, 0.3) is 0 Å². The van der Waals surface area contributed by atoms with Crippen molar-refractivity contribution < 1.29 is 4.74 Å². The highest BCUT2D eigenvalue weighted by Gasteiger charge is 2.39. The molecule has 3 unspecified atom stereocenters. The first-order valence-corrected chi connectivity index (χ1v) is 7.40. The SMILES string of the molecule is Cc1ccc(OCC2CC3CCC2C3)c(Br)c1. The van der Waals surface area contributed by atoms with E-state index < -0.39 is 0 Å². The lowest BCUT2D eigenvalue weighted by molar-refractivity contribution is 0.194. The lowest BCUT2D eigenvalue weighted by Crippen LogP contribution is -2.18. The van der Waals surface area contributed by atoms with Crippen molar-refractivity contribution in [3.05, 3.63) is 28.2 Å². The monoisotopic (exact) mass is 294 g/mol. The van der Waals surface area contributed by atoms with E-state index in [0.717, 1.165) is 34.6 Å². The van der Waals surface area contributed by atoms with Gasteiger partial charge in [0.05, 0.1) is 11.1 Å². The summed E-state index contributed by atoms with van der Waals surface area (Å²) < 4.78 is 7.07. The zero-order chi connectivity index (χ0) is 11.8. The van der Waals surface area contributed by atoms with E-state index in [1.807, 2.05) is 0 Å². The standard InChI is InChI=1S/C15H19BrO/c1-10-2-5-15(14(16)6-10)17-9-13-8-11-3-4-12(13)7-11/h2,5-6,11-13H,3-4,7-9H2,1H3. The highest BCUT2D eigenvalue weighted by Crippen LogP contribution is 2.48. The number of fused-ring (bicyclic) bond motifs is 2. The maximum absolute atomic E-state index is 5.98. The largest absolute Gasteiger partial charge is 0.492 e. The molecule has 0 saturated heterocycles. The molecule has 0 N–H and O–H groups in total. The van der Waals surface area contributed by atoms with Crippen LogP contribution in [0.15, 0.2) is 22.7 Å². The minimum Gasteiger partial charge on any atom is -0.492 e. The highest BCUT2D eigenvalue weighted by molar-refractivity contribution is 9.10. The molecule has 1 aromatic rings. The molecule has 2 aliphatic rings. The van der Waals surface area contributed by atoms with Gasteiger partial charge in [0.15, 0.2) is 0 Å². The van der Waals surface area contributed by atoms with Crippen molar-refractivity contribution >= 4 is 15.9 Å². The van der Waals surface area contributed by atoms with Gasteiger partial charge in [-0.05, 0) is 77.6 Å². The lowest BCUT2D eigenvalue weighted by Gasteiger charge is -2.22. The molecule has 2 aliphatic carbocycles. The molecule has 0 aliphatic heterocycles. The van der Waals surface area contributed by atoms with E-state index in [2.05, 4.69) is 41.1 Å². The van der Waals surface area contributed by atoms with Crippen LogP contribution in [0.25, 0.3) is 0 Å². The Labute approximate surface area is 112 Å². The Morgan fingerprint density at radius 1 is 1.29 bits per heavy atom. The molecule has 0 amide bonds. The fraction of sp³-hybridized carbons (Fsp3) is 0.600. The van der Waals surface area contributed by atoms with Crippen molar-refractivity contribution in [1.29, 1.82) is 0 Å². The molecule has 3 atom stereocenters. The second-order valence-electron chi connectivity index (χ2n) is 5.68. The van der Waals surface area contributed by atoms with Crippen LogP contribution in [-0.2, 0) is 0 Å². The summed E-state index contributed by atoms with van der Waals surface area (Å²) >= 11 is 3.57. The molecule has 17 heavy (non-hydrogen) atoms. The summed E-state index contributed by atoms with van der Waals surface area (Å²) in [4.78, 5) is 0. The predicted octanol–water partition coefficient (Wildman–Crippen LogP) is 4.57. The zero-order valence-corrected chi connectivity index (χ0v) is 11.9. The van der Waals surface area contributed by atoms with Crippen molar-refractivity contribution in [3.8, 4) is 5.75 Å². The third kappa shape index (κ3) is 2.37. The highest BCUT2D eigenvalue weighted by atomic mass is 79.9. The quantitative estimate of drug-likeness (QED) is 0.793. The summed E-state index contributed by atoms with van der Waals surface area (Å²) in [6, 6.07) is 6.31. The van der Waals surface area contributed by atoms with Crippen LogP contribution in [0.3, 0.4) is 0 Å². The predicted molar refractivity (Wildman–Crippen MR) is 73.3 cm³/mol. The van der Waals surface area contributed by atoms with Crippen LogP contribution >= 0.6 is 15.9 Å². The van der Waals surface area contributed by atoms with Gasteiger partial charge in [-0.2, -0.15) is 0 Å². The molecule has 3 rings (SSSR count). The molecule has 0 spiro atoms. The van der Waals surface area contributed by atoms with Crippen LogP contribution in [0.1, 0.15) is 31.2 Å². The maximum Gasteiger partial charge on any atom is 0.133 e. The number of benzene rings is 1. The summed E-state index contributed by atoms with van der Waals surface area (Å²) in [5, 5.41) is 0. The van der Waals surface area contributed by atoms with Gasteiger partial charge >= 0.3 is 0 Å². The second kappa shape index (κ2) is 4.64. The van der Waals surface area contributed by atoms with E-state index in [0.29, 0.717) is 0 Å². The lowest BCUT2D eigenvalue weighted by atomic mass is 9.89. The molecule has 2 bridgehead atoms. The maximum atomic E-state index is 5.98. The molecule has 0 aromatic heterocycles. The first-order valence-electron chi connectivity index (χ1n) is 6.61. The Hall–Kier alpha value is -0.500. The van der Waals surface area contributed by atoms with Gasteiger partial charge in [0.1, 0.15) is 5.75 Å². The van der Waals surface area contributed by atoms with Crippen molar-refractivity contribution in [2.75, 3.05) is 6.61 Å². The van der Waals surface area contributed by atoms with Crippen molar-refractivity contribution in [2.45, 2.75) is 32.6 Å². The summed E-state index contributed by atoms with van der Waals surface area (Å²) in [6.07, 6.45) is 5.76. The fourth-order valence-corrected chi connectivity index (χ4v) is 4.11. The van der Waals surface area contributed by atoms with Crippen LogP contribution in [-0.4, -0.2) is 6.61 Å². The molecule has 2 fully saturated rings.